The van der Waals surface area contributed by atoms with Gasteiger partial charge in [-0.15, -0.1) is 0 Å². The third-order valence-electron chi connectivity index (χ3n) is 4.76. The number of nitro groups is 1. The Morgan fingerprint density at radius 3 is 2.58 bits per heavy atom. The standard InChI is InChI=1S/C22H21BrN4O4/c1-14-10-17(13-24-25-22(28)11-16-4-6-18(23)7-5-16)15(2)26(14)20-9-8-19(27(29)30)12-21(20)31-3/h4-10,12-13H,11H2,1-3H3,(H,25,28)/b24-13-. The zero-order chi connectivity index (χ0) is 22.5. The summed E-state index contributed by atoms with van der Waals surface area (Å²) < 4.78 is 8.25. The van der Waals surface area contributed by atoms with Gasteiger partial charge in [-0.25, -0.2) is 5.43 Å². The summed E-state index contributed by atoms with van der Waals surface area (Å²) in [6, 6.07) is 13.9. The van der Waals surface area contributed by atoms with Crippen LogP contribution in [0.4, 0.5) is 5.69 Å². The summed E-state index contributed by atoms with van der Waals surface area (Å²) in [6.07, 6.45) is 1.81. The molecule has 0 saturated heterocycles. The highest BCUT2D eigenvalue weighted by molar-refractivity contribution is 9.10. The highest BCUT2D eigenvalue weighted by Crippen LogP contribution is 2.31. The topological polar surface area (TPSA) is 98.8 Å². The molecule has 0 unspecified atom stereocenters. The van der Waals surface area contributed by atoms with E-state index in [2.05, 4.69) is 26.5 Å². The Balaban J connectivity index is 1.78. The first kappa shape index (κ1) is 22.2. The van der Waals surface area contributed by atoms with E-state index in [9.17, 15) is 14.9 Å². The number of carbonyl (C=O) groups excluding carboxylic acids is 1. The molecule has 3 aromatic rings. The molecule has 31 heavy (non-hydrogen) atoms. The largest absolute Gasteiger partial charge is 0.494 e. The maximum absolute atomic E-state index is 12.1. The van der Waals surface area contributed by atoms with E-state index in [1.165, 1.54) is 19.2 Å². The van der Waals surface area contributed by atoms with Crippen LogP contribution in [0.2, 0.25) is 0 Å². The summed E-state index contributed by atoms with van der Waals surface area (Å²) in [4.78, 5) is 22.7. The van der Waals surface area contributed by atoms with E-state index in [1.54, 1.807) is 12.3 Å². The maximum Gasteiger partial charge on any atom is 0.273 e. The molecule has 0 aliphatic carbocycles. The number of hydrazone groups is 1. The van der Waals surface area contributed by atoms with Crippen molar-refractivity contribution in [1.29, 1.82) is 0 Å². The zero-order valence-electron chi connectivity index (χ0n) is 17.3. The van der Waals surface area contributed by atoms with Gasteiger partial charge in [0.2, 0.25) is 5.91 Å². The van der Waals surface area contributed by atoms with E-state index in [0.717, 1.165) is 27.0 Å². The van der Waals surface area contributed by atoms with Crippen LogP contribution in [0.5, 0.6) is 5.75 Å². The van der Waals surface area contributed by atoms with Gasteiger partial charge in [0, 0.05) is 27.5 Å². The normalized spacial score (nSPS) is 11.0. The number of ether oxygens (including phenoxy) is 1. The lowest BCUT2D eigenvalue weighted by Crippen LogP contribution is -2.19. The number of methoxy groups -OCH3 is 1. The molecule has 0 atom stereocenters. The molecule has 160 valence electrons. The Morgan fingerprint density at radius 1 is 1.23 bits per heavy atom. The van der Waals surface area contributed by atoms with E-state index in [-0.39, 0.29) is 18.0 Å². The van der Waals surface area contributed by atoms with Gasteiger partial charge < -0.3 is 9.30 Å². The van der Waals surface area contributed by atoms with E-state index in [1.807, 2.05) is 48.7 Å². The van der Waals surface area contributed by atoms with Crippen molar-refractivity contribution in [3.8, 4) is 11.4 Å². The summed E-state index contributed by atoms with van der Waals surface area (Å²) in [6.45, 7) is 3.82. The fourth-order valence-corrected chi connectivity index (χ4v) is 3.52. The number of non-ortho nitro benzene ring substituents is 1. The SMILES string of the molecule is COc1cc([N+](=O)[O-])ccc1-n1c(C)cc(/C=N\NC(=O)Cc2ccc(Br)cc2)c1C. The smallest absolute Gasteiger partial charge is 0.273 e. The fourth-order valence-electron chi connectivity index (χ4n) is 3.25. The molecular formula is C22H21BrN4O4. The molecule has 0 spiro atoms. The van der Waals surface area contributed by atoms with Crippen LogP contribution in [-0.4, -0.2) is 28.7 Å². The molecule has 3 rings (SSSR count). The van der Waals surface area contributed by atoms with Crippen LogP contribution in [0.15, 0.2) is 58.1 Å². The number of nitrogens with one attached hydrogen (secondary N) is 1. The number of halogens is 1. The van der Waals surface area contributed by atoms with E-state index >= 15 is 0 Å². The van der Waals surface area contributed by atoms with Gasteiger partial charge in [0.15, 0.2) is 0 Å². The van der Waals surface area contributed by atoms with Gasteiger partial charge in [-0.05, 0) is 43.7 Å². The van der Waals surface area contributed by atoms with Crippen molar-refractivity contribution in [2.75, 3.05) is 7.11 Å². The predicted molar refractivity (Wildman–Crippen MR) is 122 cm³/mol. The van der Waals surface area contributed by atoms with Crippen LogP contribution in [0, 0.1) is 24.0 Å². The van der Waals surface area contributed by atoms with E-state index in [4.69, 9.17) is 4.74 Å². The summed E-state index contributed by atoms with van der Waals surface area (Å²) in [5.41, 5.74) is 6.63. The molecule has 0 radical (unpaired) electrons. The maximum atomic E-state index is 12.1. The predicted octanol–water partition coefficient (Wildman–Crippen LogP) is 4.47. The number of hydrogen-bond acceptors (Lipinski definition) is 5. The van der Waals surface area contributed by atoms with Crippen molar-refractivity contribution in [3.63, 3.8) is 0 Å². The quantitative estimate of drug-likeness (QED) is 0.303. The summed E-state index contributed by atoms with van der Waals surface area (Å²) >= 11 is 3.37. The van der Waals surface area contributed by atoms with Gasteiger partial charge in [-0.2, -0.15) is 5.10 Å². The number of aryl methyl sites for hydroxylation is 1. The number of amides is 1. The van der Waals surface area contributed by atoms with Crippen molar-refractivity contribution in [3.05, 3.63) is 85.6 Å². The van der Waals surface area contributed by atoms with Gasteiger partial charge in [-0.3, -0.25) is 14.9 Å². The van der Waals surface area contributed by atoms with Crippen LogP contribution >= 0.6 is 15.9 Å². The summed E-state index contributed by atoms with van der Waals surface area (Å²) in [5.74, 6) is 0.173. The van der Waals surface area contributed by atoms with E-state index in [0.29, 0.717) is 11.4 Å². The van der Waals surface area contributed by atoms with Crippen LogP contribution in [0.1, 0.15) is 22.5 Å². The lowest BCUT2D eigenvalue weighted by atomic mass is 10.1. The molecular weight excluding hydrogens is 464 g/mol. The molecule has 2 aromatic carbocycles. The van der Waals surface area contributed by atoms with Gasteiger partial charge >= 0.3 is 0 Å². The fraction of sp³-hybridized carbons (Fsp3) is 0.182. The minimum absolute atomic E-state index is 0.0432. The third kappa shape index (κ3) is 5.18. The molecule has 1 heterocycles. The molecule has 1 N–H and O–H groups in total. The number of nitrogens with zero attached hydrogens (tertiary/aromatic N) is 3. The highest BCUT2D eigenvalue weighted by atomic mass is 79.9. The van der Waals surface area contributed by atoms with Gasteiger partial charge in [0.05, 0.1) is 36.4 Å². The lowest BCUT2D eigenvalue weighted by molar-refractivity contribution is -0.384. The average Bonchev–Trinajstić information content (AvgIpc) is 3.02. The molecule has 0 aliphatic heterocycles. The van der Waals surface area contributed by atoms with Gasteiger partial charge in [-0.1, -0.05) is 28.1 Å². The van der Waals surface area contributed by atoms with Gasteiger partial charge in [0.25, 0.3) is 5.69 Å². The third-order valence-corrected chi connectivity index (χ3v) is 5.28. The monoisotopic (exact) mass is 484 g/mol. The zero-order valence-corrected chi connectivity index (χ0v) is 18.8. The molecule has 8 nitrogen and oxygen atoms in total. The Morgan fingerprint density at radius 2 is 1.94 bits per heavy atom. The van der Waals surface area contributed by atoms with Crippen molar-refractivity contribution >= 4 is 33.7 Å². The number of hydrogen-bond donors (Lipinski definition) is 1. The molecule has 0 bridgehead atoms. The number of aromatic nitrogens is 1. The number of rotatable bonds is 7. The van der Waals surface area contributed by atoms with Crippen molar-refractivity contribution < 1.29 is 14.5 Å². The van der Waals surface area contributed by atoms with Crippen molar-refractivity contribution in [2.45, 2.75) is 20.3 Å². The Kier molecular flexibility index (Phi) is 6.86. The first-order chi connectivity index (χ1) is 14.8. The molecule has 1 aromatic heterocycles. The Labute approximate surface area is 187 Å². The highest BCUT2D eigenvalue weighted by Gasteiger charge is 2.17. The molecule has 0 fully saturated rings. The second-order valence-electron chi connectivity index (χ2n) is 6.87. The van der Waals surface area contributed by atoms with Crippen LogP contribution in [0.3, 0.4) is 0 Å². The number of benzene rings is 2. The summed E-state index contributed by atoms with van der Waals surface area (Å²) in [5, 5.41) is 15.1. The van der Waals surface area contributed by atoms with E-state index < -0.39 is 4.92 Å². The number of carbonyl (C=O) groups is 1. The molecule has 9 heteroatoms. The second-order valence-corrected chi connectivity index (χ2v) is 7.79. The molecule has 0 saturated carbocycles. The first-order valence-electron chi connectivity index (χ1n) is 9.38. The van der Waals surface area contributed by atoms with Crippen LogP contribution < -0.4 is 10.2 Å². The second kappa shape index (κ2) is 9.57. The summed E-state index contributed by atoms with van der Waals surface area (Å²) in [7, 11) is 1.47. The Bertz CT molecular complexity index is 1150. The Hall–Kier alpha value is -3.46. The lowest BCUT2D eigenvalue weighted by Gasteiger charge is -2.13. The van der Waals surface area contributed by atoms with Crippen molar-refractivity contribution in [1.82, 2.24) is 9.99 Å². The minimum Gasteiger partial charge on any atom is -0.494 e. The molecule has 0 aliphatic rings. The van der Waals surface area contributed by atoms with Crippen LogP contribution in [0.25, 0.3) is 5.69 Å². The minimum atomic E-state index is -0.462. The number of nitro benzene ring substituents is 1. The molecule has 1 amide bonds. The first-order valence-corrected chi connectivity index (χ1v) is 10.2. The van der Waals surface area contributed by atoms with Crippen molar-refractivity contribution in [2.24, 2.45) is 5.10 Å². The average molecular weight is 485 g/mol. The van der Waals surface area contributed by atoms with Crippen LogP contribution in [-0.2, 0) is 11.2 Å². The van der Waals surface area contributed by atoms with Gasteiger partial charge in [0.1, 0.15) is 5.75 Å².